The first-order valence-corrected chi connectivity index (χ1v) is 8.00. The summed E-state index contributed by atoms with van der Waals surface area (Å²) in [5.41, 5.74) is 0.385. The van der Waals surface area contributed by atoms with Crippen LogP contribution in [-0.4, -0.2) is 7.28 Å². The molecule has 0 amide bonds. The van der Waals surface area contributed by atoms with Gasteiger partial charge in [0.05, 0.1) is 0 Å². The molecule has 0 aromatic heterocycles. The maximum Gasteiger partial charge on any atom is 0.111 e. The van der Waals surface area contributed by atoms with E-state index in [-0.39, 0.29) is 0 Å². The minimum Gasteiger partial charge on any atom is -0.0917 e. The van der Waals surface area contributed by atoms with E-state index in [1.165, 1.54) is 12.8 Å². The first kappa shape index (κ1) is 18.1. The summed E-state index contributed by atoms with van der Waals surface area (Å²) in [6, 6.07) is 0. The Hall–Kier alpha value is 0.0649. The molecule has 5 unspecified atom stereocenters. The molecule has 0 aromatic carbocycles. The van der Waals surface area contributed by atoms with Gasteiger partial charge in [-0.3, -0.25) is 0 Å². The van der Waals surface area contributed by atoms with Gasteiger partial charge in [0.25, 0.3) is 0 Å². The van der Waals surface area contributed by atoms with Crippen LogP contribution in [0.4, 0.5) is 0 Å². The second kappa shape index (κ2) is 7.60. The minimum atomic E-state index is 0.385. The van der Waals surface area contributed by atoms with Gasteiger partial charge < -0.3 is 0 Å². The van der Waals surface area contributed by atoms with Crippen LogP contribution in [0.25, 0.3) is 0 Å². The first-order valence-electron chi connectivity index (χ1n) is 8.00. The summed E-state index contributed by atoms with van der Waals surface area (Å²) in [4.78, 5) is 0. The molecule has 0 nitrogen and oxygen atoms in total. The SMILES string of the molecule is C[B]C(C(C)C(C)C(CC)C(C)CC)C(C)(C)C. The highest BCUT2D eigenvalue weighted by molar-refractivity contribution is 6.36. The average Bonchev–Trinajstić information content (AvgIpc) is 2.28. The van der Waals surface area contributed by atoms with Crippen LogP contribution in [0.3, 0.4) is 0 Å². The third kappa shape index (κ3) is 4.63. The maximum absolute atomic E-state index is 2.48. The highest BCUT2D eigenvalue weighted by Gasteiger charge is 2.34. The molecule has 0 spiro atoms. The van der Waals surface area contributed by atoms with Gasteiger partial charge in [-0.25, -0.2) is 0 Å². The monoisotopic (exact) mass is 251 g/mol. The second-order valence-corrected chi connectivity index (χ2v) is 7.40. The van der Waals surface area contributed by atoms with Crippen molar-refractivity contribution in [3.63, 3.8) is 0 Å². The van der Waals surface area contributed by atoms with Crippen LogP contribution in [0, 0.1) is 29.1 Å². The molecular formula is C17H36B. The summed E-state index contributed by atoms with van der Waals surface area (Å²) in [6.07, 6.45) is 2.63. The molecule has 5 atom stereocenters. The second-order valence-electron chi connectivity index (χ2n) is 7.40. The highest BCUT2D eigenvalue weighted by Crippen LogP contribution is 2.44. The number of rotatable bonds is 7. The molecular weight excluding hydrogens is 215 g/mol. The van der Waals surface area contributed by atoms with Crippen molar-refractivity contribution in [3.05, 3.63) is 0 Å². The van der Waals surface area contributed by atoms with Gasteiger partial charge in [0.1, 0.15) is 7.28 Å². The van der Waals surface area contributed by atoms with E-state index >= 15 is 0 Å². The predicted molar refractivity (Wildman–Crippen MR) is 86.4 cm³/mol. The smallest absolute Gasteiger partial charge is 0.0917 e. The fourth-order valence-electron chi connectivity index (χ4n) is 3.90. The van der Waals surface area contributed by atoms with Crippen LogP contribution in [0.1, 0.15) is 68.2 Å². The molecule has 1 radical (unpaired) electrons. The summed E-state index contributed by atoms with van der Waals surface area (Å²) in [6.45, 7) is 21.4. The first-order chi connectivity index (χ1) is 8.20. The van der Waals surface area contributed by atoms with E-state index in [9.17, 15) is 0 Å². The zero-order valence-corrected chi connectivity index (χ0v) is 14.4. The Morgan fingerprint density at radius 1 is 0.889 bits per heavy atom. The fourth-order valence-corrected chi connectivity index (χ4v) is 3.90. The molecule has 0 fully saturated rings. The van der Waals surface area contributed by atoms with E-state index < -0.39 is 0 Å². The number of hydrogen-bond donors (Lipinski definition) is 0. The zero-order valence-electron chi connectivity index (χ0n) is 14.4. The van der Waals surface area contributed by atoms with Crippen molar-refractivity contribution in [2.75, 3.05) is 0 Å². The Labute approximate surface area is 118 Å². The molecule has 107 valence electrons. The van der Waals surface area contributed by atoms with Gasteiger partial charge in [-0.2, -0.15) is 0 Å². The van der Waals surface area contributed by atoms with Crippen molar-refractivity contribution in [1.29, 1.82) is 0 Å². The summed E-state index contributed by atoms with van der Waals surface area (Å²) in [5, 5.41) is 0. The van der Waals surface area contributed by atoms with Gasteiger partial charge in [0, 0.05) is 0 Å². The van der Waals surface area contributed by atoms with Crippen molar-refractivity contribution in [3.8, 4) is 0 Å². The Bertz CT molecular complexity index is 216. The normalized spacial score (nSPS) is 20.9. The lowest BCUT2D eigenvalue weighted by Gasteiger charge is -2.41. The van der Waals surface area contributed by atoms with Gasteiger partial charge in [-0.15, -0.1) is 0 Å². The number of hydrogen-bond acceptors (Lipinski definition) is 0. The third-order valence-corrected chi connectivity index (χ3v) is 5.28. The van der Waals surface area contributed by atoms with E-state index in [4.69, 9.17) is 0 Å². The molecule has 0 aliphatic carbocycles. The summed E-state index contributed by atoms with van der Waals surface area (Å²) in [7, 11) is 2.44. The molecule has 0 saturated heterocycles. The quantitative estimate of drug-likeness (QED) is 0.493. The Morgan fingerprint density at radius 3 is 1.67 bits per heavy atom. The topological polar surface area (TPSA) is 0 Å². The molecule has 0 aliphatic heterocycles. The zero-order chi connectivity index (χ0) is 14.5. The maximum atomic E-state index is 2.48. The minimum absolute atomic E-state index is 0.385. The molecule has 0 N–H and O–H groups in total. The van der Waals surface area contributed by atoms with Crippen LogP contribution in [0.5, 0.6) is 0 Å². The van der Waals surface area contributed by atoms with Crippen molar-refractivity contribution in [2.24, 2.45) is 29.1 Å². The van der Waals surface area contributed by atoms with Gasteiger partial charge in [-0.1, -0.05) is 80.9 Å². The lowest BCUT2D eigenvalue weighted by Crippen LogP contribution is -2.33. The molecule has 0 bridgehead atoms. The predicted octanol–water partition coefficient (Wildman–Crippen LogP) is 5.92. The molecule has 1 heteroatoms. The van der Waals surface area contributed by atoms with Crippen molar-refractivity contribution in [2.45, 2.75) is 80.9 Å². The van der Waals surface area contributed by atoms with E-state index in [0.29, 0.717) is 11.2 Å². The third-order valence-electron chi connectivity index (χ3n) is 5.28. The van der Waals surface area contributed by atoms with Crippen molar-refractivity contribution < 1.29 is 0 Å². The summed E-state index contributed by atoms with van der Waals surface area (Å²) >= 11 is 0. The van der Waals surface area contributed by atoms with Crippen molar-refractivity contribution in [1.82, 2.24) is 0 Å². The molecule has 0 aromatic rings. The summed E-state index contributed by atoms with van der Waals surface area (Å²) in [5.74, 6) is 4.02. The lowest BCUT2D eigenvalue weighted by molar-refractivity contribution is 0.148. The summed E-state index contributed by atoms with van der Waals surface area (Å²) < 4.78 is 0. The van der Waals surface area contributed by atoms with Gasteiger partial charge >= 0.3 is 0 Å². The standard InChI is InChI=1S/C17H36B/c1-10-12(3)15(11-2)13(4)14(5)16(18-9)17(6,7)8/h12-16H,10-11H2,1-9H3. The molecule has 0 rings (SSSR count). The van der Waals surface area contributed by atoms with Crippen LogP contribution in [-0.2, 0) is 0 Å². The average molecular weight is 251 g/mol. The van der Waals surface area contributed by atoms with E-state index in [1.54, 1.807) is 0 Å². The molecule has 0 saturated carbocycles. The lowest BCUT2D eigenvalue weighted by atomic mass is 9.49. The van der Waals surface area contributed by atoms with Crippen LogP contribution in [0.15, 0.2) is 0 Å². The molecule has 0 heterocycles. The molecule has 0 aliphatic rings. The van der Waals surface area contributed by atoms with Crippen LogP contribution >= 0.6 is 0 Å². The fraction of sp³-hybridized carbons (Fsp3) is 1.00. The van der Waals surface area contributed by atoms with Gasteiger partial charge in [-0.05, 0) is 29.1 Å². The largest absolute Gasteiger partial charge is 0.111 e. The van der Waals surface area contributed by atoms with Crippen molar-refractivity contribution >= 4 is 7.28 Å². The Kier molecular flexibility index (Phi) is 7.63. The van der Waals surface area contributed by atoms with Crippen LogP contribution < -0.4 is 0 Å². The Morgan fingerprint density at radius 2 is 1.39 bits per heavy atom. The van der Waals surface area contributed by atoms with Gasteiger partial charge in [0.15, 0.2) is 0 Å². The van der Waals surface area contributed by atoms with E-state index in [1.807, 2.05) is 0 Å². The highest BCUT2D eigenvalue weighted by atomic mass is 14.4. The van der Waals surface area contributed by atoms with Crippen LogP contribution in [0.2, 0.25) is 12.6 Å². The van der Waals surface area contributed by atoms with Gasteiger partial charge in [0.2, 0.25) is 0 Å². The molecule has 18 heavy (non-hydrogen) atoms. The Balaban J connectivity index is 4.88. The van der Waals surface area contributed by atoms with E-state index in [0.717, 1.165) is 23.7 Å². The van der Waals surface area contributed by atoms with E-state index in [2.05, 4.69) is 69.5 Å².